The summed E-state index contributed by atoms with van der Waals surface area (Å²) in [6.45, 7) is 1.26. The van der Waals surface area contributed by atoms with Crippen molar-refractivity contribution in [3.63, 3.8) is 0 Å². The summed E-state index contributed by atoms with van der Waals surface area (Å²) in [6.07, 6.45) is -0.533. The van der Waals surface area contributed by atoms with E-state index in [0.717, 1.165) is 10.7 Å². The molecule has 204 valence electrons. The molecule has 4 aromatic rings. The molecule has 3 heterocycles. The molecule has 14 heteroatoms. The van der Waals surface area contributed by atoms with Crippen LogP contribution in [0, 0.1) is 6.92 Å². The molecule has 3 N–H and O–H groups in total. The number of amides is 1. The van der Waals surface area contributed by atoms with E-state index in [2.05, 4.69) is 30.7 Å². The molecular formula is C25H24F3N7O4. The molecule has 4 rings (SSSR count). The Labute approximate surface area is 220 Å². The van der Waals surface area contributed by atoms with Gasteiger partial charge in [0.15, 0.2) is 11.5 Å². The zero-order chi connectivity index (χ0) is 28.2. The lowest BCUT2D eigenvalue weighted by molar-refractivity contribution is -0.141. The summed E-state index contributed by atoms with van der Waals surface area (Å²) in [5.41, 5.74) is 0.383. The molecule has 0 radical (unpaired) electrons. The van der Waals surface area contributed by atoms with Crippen LogP contribution in [0.5, 0.6) is 11.5 Å². The van der Waals surface area contributed by atoms with Crippen molar-refractivity contribution in [1.29, 1.82) is 0 Å². The zero-order valence-corrected chi connectivity index (χ0v) is 21.1. The molecule has 0 atom stereocenters. The number of aliphatic hydroxyl groups excluding tert-OH is 1. The van der Waals surface area contributed by atoms with E-state index in [4.69, 9.17) is 14.6 Å². The van der Waals surface area contributed by atoms with Crippen molar-refractivity contribution in [2.45, 2.75) is 13.1 Å². The lowest BCUT2D eigenvalue weighted by atomic mass is 10.1. The number of hydrogen-bond acceptors (Lipinski definition) is 9. The summed E-state index contributed by atoms with van der Waals surface area (Å²) in [5, 5.41) is 18.2. The quantitative estimate of drug-likeness (QED) is 0.290. The monoisotopic (exact) mass is 543 g/mol. The number of aromatic nitrogens is 5. The Balaban J connectivity index is 1.83. The number of anilines is 2. The van der Waals surface area contributed by atoms with Gasteiger partial charge >= 0.3 is 6.18 Å². The van der Waals surface area contributed by atoms with Crippen molar-refractivity contribution in [2.24, 2.45) is 0 Å². The molecule has 1 aromatic carbocycles. The van der Waals surface area contributed by atoms with Gasteiger partial charge in [0.05, 0.1) is 26.4 Å². The van der Waals surface area contributed by atoms with E-state index in [1.165, 1.54) is 45.8 Å². The van der Waals surface area contributed by atoms with Gasteiger partial charge in [0.2, 0.25) is 5.95 Å². The summed E-state index contributed by atoms with van der Waals surface area (Å²) in [4.78, 5) is 25.3. The molecular weight excluding hydrogens is 519 g/mol. The maximum absolute atomic E-state index is 13.5. The second-order valence-corrected chi connectivity index (χ2v) is 8.18. The van der Waals surface area contributed by atoms with E-state index in [-0.39, 0.29) is 41.7 Å². The highest BCUT2D eigenvalue weighted by molar-refractivity contribution is 5.95. The van der Waals surface area contributed by atoms with Crippen molar-refractivity contribution >= 4 is 17.5 Å². The molecule has 3 aromatic heterocycles. The minimum absolute atomic E-state index is 0.0186. The van der Waals surface area contributed by atoms with Crippen molar-refractivity contribution < 1.29 is 32.5 Å². The van der Waals surface area contributed by atoms with Gasteiger partial charge in [0, 0.05) is 65.8 Å². The highest BCUT2D eigenvalue weighted by atomic mass is 19.4. The third-order valence-corrected chi connectivity index (χ3v) is 5.46. The summed E-state index contributed by atoms with van der Waals surface area (Å²) >= 11 is 0. The molecule has 39 heavy (non-hydrogen) atoms. The minimum atomic E-state index is -4.67. The number of carbonyl (C=O) groups is 1. The van der Waals surface area contributed by atoms with E-state index >= 15 is 0 Å². The number of ether oxygens (including phenoxy) is 2. The molecule has 0 saturated heterocycles. The van der Waals surface area contributed by atoms with E-state index in [1.807, 2.05) is 0 Å². The fourth-order valence-electron chi connectivity index (χ4n) is 3.62. The molecule has 0 aliphatic heterocycles. The number of alkyl halides is 3. The number of aliphatic hydroxyl groups is 1. The third kappa shape index (κ3) is 6.23. The van der Waals surface area contributed by atoms with Crippen molar-refractivity contribution in [3.05, 3.63) is 65.9 Å². The molecule has 1 amide bonds. The van der Waals surface area contributed by atoms with Gasteiger partial charge in [-0.1, -0.05) is 0 Å². The first-order chi connectivity index (χ1) is 18.6. The highest BCUT2D eigenvalue weighted by Crippen LogP contribution is 2.33. The Kier molecular flexibility index (Phi) is 7.95. The van der Waals surface area contributed by atoms with Crippen molar-refractivity contribution in [1.82, 2.24) is 30.0 Å². The molecule has 0 fully saturated rings. The second-order valence-electron chi connectivity index (χ2n) is 8.18. The number of methoxy groups -OCH3 is 2. The normalized spacial score (nSPS) is 11.3. The van der Waals surface area contributed by atoms with Gasteiger partial charge in [0.1, 0.15) is 11.5 Å². The number of halogens is 3. The Morgan fingerprint density at radius 2 is 1.77 bits per heavy atom. The van der Waals surface area contributed by atoms with E-state index in [9.17, 15) is 18.0 Å². The first-order valence-electron chi connectivity index (χ1n) is 11.5. The molecule has 0 bridgehead atoms. The van der Waals surface area contributed by atoms with Crippen LogP contribution in [0.3, 0.4) is 0 Å². The van der Waals surface area contributed by atoms with E-state index in [1.54, 1.807) is 18.2 Å². The van der Waals surface area contributed by atoms with Crippen LogP contribution in [0.15, 0.2) is 48.9 Å². The Morgan fingerprint density at radius 3 is 2.38 bits per heavy atom. The molecule has 0 aliphatic rings. The number of aryl methyl sites for hydroxylation is 1. The topological polar surface area (TPSA) is 136 Å². The van der Waals surface area contributed by atoms with Crippen LogP contribution in [-0.2, 0) is 6.18 Å². The minimum Gasteiger partial charge on any atom is -0.497 e. The Bertz CT molecular complexity index is 1470. The maximum atomic E-state index is 13.5. The van der Waals surface area contributed by atoms with E-state index < -0.39 is 17.8 Å². The fraction of sp³-hybridized carbons (Fsp3) is 0.240. The van der Waals surface area contributed by atoms with Crippen LogP contribution in [0.2, 0.25) is 0 Å². The summed E-state index contributed by atoms with van der Waals surface area (Å²) in [5.74, 6) is 0.575. The molecule has 0 saturated carbocycles. The summed E-state index contributed by atoms with van der Waals surface area (Å²) in [6, 6.07) is 7.40. The lowest BCUT2D eigenvalue weighted by Gasteiger charge is -2.14. The predicted molar refractivity (Wildman–Crippen MR) is 134 cm³/mol. The first-order valence-corrected chi connectivity index (χ1v) is 11.5. The number of hydrogen-bond donors (Lipinski definition) is 3. The number of pyridine rings is 1. The van der Waals surface area contributed by atoms with Gasteiger partial charge in [-0.05, 0) is 19.1 Å². The zero-order valence-electron chi connectivity index (χ0n) is 21.1. The number of benzene rings is 1. The van der Waals surface area contributed by atoms with Crippen LogP contribution < -0.4 is 20.1 Å². The summed E-state index contributed by atoms with van der Waals surface area (Å²) in [7, 11) is 2.99. The van der Waals surface area contributed by atoms with Gasteiger partial charge < -0.3 is 25.2 Å². The second kappa shape index (κ2) is 11.3. The standard InChI is InChI=1S/C25H24F3N7O4/c1-14-6-21(25(26,27)28)34-35(14)22-20(15-7-16(12-29-11-15)23(37)30-4-5-36)13-31-24(33-22)32-17-8-18(38-2)10-19(9-17)39-3/h6-13,36H,4-5H2,1-3H3,(H,30,37)(H,31,32,33). The molecule has 0 aliphatic carbocycles. The van der Waals surface area contributed by atoms with Crippen LogP contribution in [0.4, 0.5) is 24.8 Å². The van der Waals surface area contributed by atoms with Gasteiger partial charge in [0.25, 0.3) is 5.91 Å². The Morgan fingerprint density at radius 1 is 1.05 bits per heavy atom. The smallest absolute Gasteiger partial charge is 0.435 e. The van der Waals surface area contributed by atoms with Crippen molar-refractivity contribution in [2.75, 3.05) is 32.7 Å². The number of nitrogens with zero attached hydrogens (tertiary/aromatic N) is 5. The lowest BCUT2D eigenvalue weighted by Crippen LogP contribution is -2.26. The fourth-order valence-corrected chi connectivity index (χ4v) is 3.62. The van der Waals surface area contributed by atoms with Gasteiger partial charge in [-0.3, -0.25) is 9.78 Å². The maximum Gasteiger partial charge on any atom is 0.435 e. The predicted octanol–water partition coefficient (Wildman–Crippen LogP) is 3.53. The molecule has 0 spiro atoms. The molecule has 0 unspecified atom stereocenters. The van der Waals surface area contributed by atoms with Gasteiger partial charge in [-0.25, -0.2) is 9.67 Å². The SMILES string of the molecule is COc1cc(Nc2ncc(-c3cncc(C(=O)NCCO)c3)c(-n3nc(C(F)(F)F)cc3C)n2)cc(OC)c1. The van der Waals surface area contributed by atoms with Crippen LogP contribution >= 0.6 is 0 Å². The molecule has 11 nitrogen and oxygen atoms in total. The average Bonchev–Trinajstić information content (AvgIpc) is 3.33. The first kappa shape index (κ1) is 27.3. The average molecular weight is 544 g/mol. The van der Waals surface area contributed by atoms with Crippen LogP contribution in [0.25, 0.3) is 16.9 Å². The number of rotatable bonds is 9. The Hall–Kier alpha value is -4.72. The summed E-state index contributed by atoms with van der Waals surface area (Å²) < 4.78 is 52.0. The van der Waals surface area contributed by atoms with Gasteiger partial charge in [-0.15, -0.1) is 0 Å². The number of carbonyl (C=O) groups excluding carboxylic acids is 1. The van der Waals surface area contributed by atoms with Crippen LogP contribution in [0.1, 0.15) is 21.7 Å². The van der Waals surface area contributed by atoms with Crippen LogP contribution in [-0.4, -0.2) is 63.1 Å². The van der Waals surface area contributed by atoms with E-state index in [0.29, 0.717) is 22.7 Å². The van der Waals surface area contributed by atoms with Gasteiger partial charge in [-0.2, -0.15) is 23.3 Å². The largest absolute Gasteiger partial charge is 0.497 e. The number of nitrogens with one attached hydrogen (secondary N) is 2. The highest BCUT2D eigenvalue weighted by Gasteiger charge is 2.35. The third-order valence-electron chi connectivity index (χ3n) is 5.46. The van der Waals surface area contributed by atoms with Crippen molar-refractivity contribution in [3.8, 4) is 28.4 Å².